The number of hydrogen-bond acceptors (Lipinski definition) is 5. The lowest BCUT2D eigenvalue weighted by Gasteiger charge is -2.32. The first kappa shape index (κ1) is 19.7. The van der Waals surface area contributed by atoms with Gasteiger partial charge in [-0.1, -0.05) is 66.7 Å². The van der Waals surface area contributed by atoms with E-state index >= 15 is 0 Å². The largest absolute Gasteiger partial charge is 0.545 e. The number of carbonyl (C=O) groups excluding carboxylic acids is 3. The Hall–Kier alpha value is -3.64. The van der Waals surface area contributed by atoms with Crippen molar-refractivity contribution in [2.24, 2.45) is 0 Å². The molecule has 30 heavy (non-hydrogen) atoms. The number of thioether (sulfide) groups is 1. The molecule has 1 aliphatic rings. The number of hydrogen-bond donors (Lipinski definition) is 0. The van der Waals surface area contributed by atoms with Crippen molar-refractivity contribution in [2.45, 2.75) is 10.1 Å². The van der Waals surface area contributed by atoms with Crippen LogP contribution >= 0.6 is 11.8 Å². The quantitative estimate of drug-likeness (QED) is 0.600. The molecule has 1 unspecified atom stereocenters. The van der Waals surface area contributed by atoms with Gasteiger partial charge in [-0.3, -0.25) is 14.5 Å². The first-order valence-electron chi connectivity index (χ1n) is 9.23. The molecule has 1 heterocycles. The summed E-state index contributed by atoms with van der Waals surface area (Å²) in [5, 5.41) is 10.3. The summed E-state index contributed by atoms with van der Waals surface area (Å²) in [7, 11) is 0. The van der Waals surface area contributed by atoms with Gasteiger partial charge in [-0.15, -0.1) is 11.8 Å². The minimum atomic E-state index is -1.35. The van der Waals surface area contributed by atoms with Crippen molar-refractivity contribution in [3.63, 3.8) is 0 Å². The molecule has 1 amide bonds. The standard InChI is InChI=1S/C24H17NO4S/c26-20-15-19(16-9-3-1-4-10-16)25(17-11-5-2-6-12-17)23(27)22(20)30-21-14-8-7-13-18(21)24(28)29/h1-15,22H,(H,28,29)/p-1. The highest BCUT2D eigenvalue weighted by molar-refractivity contribution is 8.01. The van der Waals surface area contributed by atoms with Crippen LogP contribution in [0.1, 0.15) is 15.9 Å². The normalized spacial score (nSPS) is 16.3. The van der Waals surface area contributed by atoms with Gasteiger partial charge in [0.05, 0.1) is 11.7 Å². The highest BCUT2D eigenvalue weighted by Crippen LogP contribution is 2.36. The van der Waals surface area contributed by atoms with Crippen molar-refractivity contribution in [2.75, 3.05) is 4.90 Å². The van der Waals surface area contributed by atoms with Crippen molar-refractivity contribution in [1.82, 2.24) is 0 Å². The monoisotopic (exact) mass is 414 g/mol. The second-order valence-electron chi connectivity index (χ2n) is 6.59. The predicted octanol–water partition coefficient (Wildman–Crippen LogP) is 3.17. The zero-order valence-corrected chi connectivity index (χ0v) is 16.5. The van der Waals surface area contributed by atoms with E-state index in [9.17, 15) is 19.5 Å². The molecule has 0 saturated heterocycles. The summed E-state index contributed by atoms with van der Waals surface area (Å²) in [4.78, 5) is 39.7. The molecule has 3 aromatic carbocycles. The fraction of sp³-hybridized carbons (Fsp3) is 0.0417. The lowest BCUT2D eigenvalue weighted by molar-refractivity contribution is -0.255. The molecule has 5 nitrogen and oxygen atoms in total. The number of aromatic carboxylic acids is 1. The van der Waals surface area contributed by atoms with E-state index in [0.29, 0.717) is 16.3 Å². The van der Waals surface area contributed by atoms with Crippen LogP contribution in [0.5, 0.6) is 0 Å². The lowest BCUT2D eigenvalue weighted by atomic mass is 10.0. The fourth-order valence-electron chi connectivity index (χ4n) is 3.27. The number of carboxylic acids is 1. The third-order valence-electron chi connectivity index (χ3n) is 4.66. The van der Waals surface area contributed by atoms with Crippen LogP contribution < -0.4 is 10.0 Å². The van der Waals surface area contributed by atoms with Gasteiger partial charge in [0.1, 0.15) is 0 Å². The Bertz CT molecular complexity index is 1140. The molecular weight excluding hydrogens is 398 g/mol. The molecule has 4 rings (SSSR count). The molecule has 0 bridgehead atoms. The van der Waals surface area contributed by atoms with Gasteiger partial charge >= 0.3 is 0 Å². The average molecular weight is 414 g/mol. The van der Waals surface area contributed by atoms with Crippen molar-refractivity contribution in [1.29, 1.82) is 0 Å². The number of allylic oxidation sites excluding steroid dienone is 1. The summed E-state index contributed by atoms with van der Waals surface area (Å²) < 4.78 is 0. The minimum Gasteiger partial charge on any atom is -0.545 e. The summed E-state index contributed by atoms with van der Waals surface area (Å²) in [6, 6.07) is 24.5. The number of benzene rings is 3. The number of nitrogens with zero attached hydrogens (tertiary/aromatic N) is 1. The average Bonchev–Trinajstić information content (AvgIpc) is 2.77. The van der Waals surface area contributed by atoms with Gasteiger partial charge in [-0.25, -0.2) is 0 Å². The molecule has 3 aromatic rings. The lowest BCUT2D eigenvalue weighted by Crippen LogP contribution is -2.44. The Morgan fingerprint density at radius 3 is 2.10 bits per heavy atom. The number of rotatable bonds is 5. The summed E-state index contributed by atoms with van der Waals surface area (Å²) in [6.07, 6.45) is 1.45. The van der Waals surface area contributed by atoms with Crippen molar-refractivity contribution < 1.29 is 19.5 Å². The number of carbonyl (C=O) groups is 3. The Morgan fingerprint density at radius 2 is 1.43 bits per heavy atom. The Balaban J connectivity index is 1.79. The van der Waals surface area contributed by atoms with Crippen molar-refractivity contribution in [3.8, 4) is 0 Å². The molecule has 1 aliphatic heterocycles. The van der Waals surface area contributed by atoms with E-state index < -0.39 is 17.1 Å². The molecule has 6 heteroatoms. The van der Waals surface area contributed by atoms with Gasteiger partial charge in [0.2, 0.25) is 0 Å². The maximum atomic E-state index is 13.5. The van der Waals surface area contributed by atoms with Gasteiger partial charge in [0.15, 0.2) is 11.0 Å². The molecule has 0 N–H and O–H groups in total. The van der Waals surface area contributed by atoms with Crippen LogP contribution in [-0.2, 0) is 9.59 Å². The number of para-hydroxylation sites is 1. The molecule has 0 aliphatic carbocycles. The number of anilines is 1. The van der Waals surface area contributed by atoms with Crippen LogP contribution in [0.2, 0.25) is 0 Å². The second kappa shape index (κ2) is 8.39. The molecule has 0 radical (unpaired) electrons. The van der Waals surface area contributed by atoms with Crippen LogP contribution in [0.15, 0.2) is 95.9 Å². The number of carboxylic acid groups (broad SMARTS) is 1. The summed E-state index contributed by atoms with van der Waals surface area (Å²) in [5.74, 6) is -2.16. The second-order valence-corrected chi connectivity index (χ2v) is 7.74. The van der Waals surface area contributed by atoms with E-state index in [0.717, 1.165) is 17.3 Å². The zero-order valence-electron chi connectivity index (χ0n) is 15.7. The van der Waals surface area contributed by atoms with Crippen molar-refractivity contribution >= 4 is 40.8 Å². The topological polar surface area (TPSA) is 77.5 Å². The molecule has 1 atom stereocenters. The van der Waals surface area contributed by atoms with E-state index in [1.165, 1.54) is 17.0 Å². The van der Waals surface area contributed by atoms with E-state index in [1.54, 1.807) is 30.3 Å². The first-order valence-corrected chi connectivity index (χ1v) is 10.1. The highest BCUT2D eigenvalue weighted by Gasteiger charge is 2.38. The maximum absolute atomic E-state index is 13.5. The fourth-order valence-corrected chi connectivity index (χ4v) is 4.35. The van der Waals surface area contributed by atoms with Crippen LogP contribution in [0, 0.1) is 0 Å². The van der Waals surface area contributed by atoms with Crippen molar-refractivity contribution in [3.05, 3.63) is 102 Å². The summed E-state index contributed by atoms with van der Waals surface area (Å²) >= 11 is 0.925. The Kier molecular flexibility index (Phi) is 5.50. The molecule has 0 spiro atoms. The van der Waals surface area contributed by atoms with Gasteiger partial charge < -0.3 is 9.90 Å². The number of ketones is 1. The van der Waals surface area contributed by atoms with Gasteiger partial charge in [0.25, 0.3) is 5.91 Å². The summed E-state index contributed by atoms with van der Waals surface area (Å²) in [5.41, 5.74) is 1.81. The van der Waals surface area contributed by atoms with Crippen LogP contribution in [0.4, 0.5) is 5.69 Å². The molecular formula is C24H16NO4S-. The highest BCUT2D eigenvalue weighted by atomic mass is 32.2. The van der Waals surface area contributed by atoms with Gasteiger partial charge in [-0.05, 0) is 23.8 Å². The van der Waals surface area contributed by atoms with Gasteiger partial charge in [0, 0.05) is 22.2 Å². The molecule has 0 fully saturated rings. The Labute approximate surface area is 177 Å². The smallest absolute Gasteiger partial charge is 0.252 e. The first-order chi connectivity index (χ1) is 14.6. The maximum Gasteiger partial charge on any atom is 0.252 e. The molecule has 148 valence electrons. The van der Waals surface area contributed by atoms with E-state index in [-0.39, 0.29) is 11.3 Å². The van der Waals surface area contributed by atoms with Crippen LogP contribution in [-0.4, -0.2) is 22.9 Å². The van der Waals surface area contributed by atoms with E-state index in [1.807, 2.05) is 48.5 Å². The third-order valence-corrected chi connectivity index (χ3v) is 5.94. The molecule has 0 aromatic heterocycles. The van der Waals surface area contributed by atoms with Crippen LogP contribution in [0.3, 0.4) is 0 Å². The third kappa shape index (κ3) is 3.77. The van der Waals surface area contributed by atoms with Gasteiger partial charge in [-0.2, -0.15) is 0 Å². The van der Waals surface area contributed by atoms with E-state index in [4.69, 9.17) is 0 Å². The predicted molar refractivity (Wildman–Crippen MR) is 114 cm³/mol. The van der Waals surface area contributed by atoms with E-state index in [2.05, 4.69) is 0 Å². The Morgan fingerprint density at radius 1 is 0.833 bits per heavy atom. The zero-order chi connectivity index (χ0) is 21.1. The minimum absolute atomic E-state index is 0.0489. The molecule has 0 saturated carbocycles. The van der Waals surface area contributed by atoms with Crippen LogP contribution in [0.25, 0.3) is 5.70 Å². The SMILES string of the molecule is O=C([O-])c1ccccc1SC1C(=O)C=C(c2ccccc2)N(c2ccccc2)C1=O. The summed E-state index contributed by atoms with van der Waals surface area (Å²) in [6.45, 7) is 0. The number of amides is 1.